The molecule has 1 aromatic rings. The highest BCUT2D eigenvalue weighted by molar-refractivity contribution is 7.84. The van der Waals surface area contributed by atoms with Crippen LogP contribution in [-0.4, -0.2) is 34.4 Å². The van der Waals surface area contributed by atoms with Crippen molar-refractivity contribution >= 4 is 11.0 Å². The van der Waals surface area contributed by atoms with Gasteiger partial charge in [-0.3, -0.25) is 0 Å². The van der Waals surface area contributed by atoms with Crippen molar-refractivity contribution in [3.63, 3.8) is 0 Å². The molecule has 1 unspecified atom stereocenters. The molecule has 0 aliphatic heterocycles. The van der Waals surface area contributed by atoms with Crippen molar-refractivity contribution in [2.45, 2.75) is 51.5 Å². The number of benzene rings is 1. The Hall–Kier alpha value is -1.11. The predicted molar refractivity (Wildman–Crippen MR) is 94.2 cm³/mol. The molecule has 0 bridgehead atoms. The van der Waals surface area contributed by atoms with Crippen molar-refractivity contribution < 1.29 is 18.8 Å². The molecule has 0 fully saturated rings. The van der Waals surface area contributed by atoms with Gasteiger partial charge >= 0.3 is 0 Å². The molecule has 5 nitrogen and oxygen atoms in total. The average molecular weight is 343 g/mol. The van der Waals surface area contributed by atoms with Gasteiger partial charge in [-0.1, -0.05) is 13.8 Å². The van der Waals surface area contributed by atoms with E-state index < -0.39 is 27.9 Å². The maximum atomic E-state index is 12.5. The molecule has 3 atom stereocenters. The second-order valence-electron chi connectivity index (χ2n) is 6.82. The lowest BCUT2D eigenvalue weighted by Gasteiger charge is -2.30. The molecule has 0 saturated carbocycles. The number of ether oxygens (including phenoxy) is 2. The van der Waals surface area contributed by atoms with Gasteiger partial charge in [0, 0.05) is 11.6 Å². The van der Waals surface area contributed by atoms with Crippen LogP contribution >= 0.6 is 0 Å². The van der Waals surface area contributed by atoms with Gasteiger partial charge in [0.2, 0.25) is 0 Å². The molecular formula is C17H29NO4S. The van der Waals surface area contributed by atoms with Crippen LogP contribution < -0.4 is 14.2 Å². The van der Waals surface area contributed by atoms with Crippen LogP contribution in [0.25, 0.3) is 0 Å². The number of hydrogen-bond donors (Lipinski definition) is 2. The van der Waals surface area contributed by atoms with Gasteiger partial charge in [-0.15, -0.1) is 0 Å². The molecule has 0 aliphatic carbocycles. The Morgan fingerprint density at radius 3 is 2.22 bits per heavy atom. The maximum Gasteiger partial charge on any atom is 0.127 e. The molecule has 0 radical (unpaired) electrons. The number of nitrogens with one attached hydrogen (secondary N) is 1. The molecule has 0 spiro atoms. The van der Waals surface area contributed by atoms with Crippen LogP contribution in [-0.2, 0) is 11.0 Å². The highest BCUT2D eigenvalue weighted by Crippen LogP contribution is 2.33. The quantitative estimate of drug-likeness (QED) is 0.799. The molecular weight excluding hydrogens is 314 g/mol. The lowest BCUT2D eigenvalue weighted by molar-refractivity contribution is 0.0911. The molecule has 0 aromatic heterocycles. The SMILES string of the molecule is COc1ccc([C@H](NS(=O)C(C)(C)C)[C@H](O)C(C)C)c(OC)c1. The monoisotopic (exact) mass is 343 g/mol. The highest BCUT2D eigenvalue weighted by atomic mass is 32.2. The summed E-state index contributed by atoms with van der Waals surface area (Å²) >= 11 is 0. The van der Waals surface area contributed by atoms with Crippen molar-refractivity contribution in [1.82, 2.24) is 4.72 Å². The predicted octanol–water partition coefficient (Wildman–Crippen LogP) is 2.81. The van der Waals surface area contributed by atoms with Gasteiger partial charge < -0.3 is 14.6 Å². The second kappa shape index (κ2) is 8.13. The lowest BCUT2D eigenvalue weighted by Crippen LogP contribution is -2.42. The van der Waals surface area contributed by atoms with E-state index in [1.165, 1.54) is 0 Å². The normalized spacial score (nSPS) is 16.0. The standard InChI is InChI=1S/C17H29NO4S/c1-11(2)16(19)15(18-23(20)17(3,4)5)13-9-8-12(21-6)10-14(13)22-7/h8-11,15-16,18-19H,1-7H3/t15-,16+,23?/m0/s1. The van der Waals surface area contributed by atoms with Crippen LogP contribution in [0, 0.1) is 5.92 Å². The van der Waals surface area contributed by atoms with Crippen LogP contribution in [0.4, 0.5) is 0 Å². The largest absolute Gasteiger partial charge is 0.497 e. The molecule has 2 N–H and O–H groups in total. The van der Waals surface area contributed by atoms with E-state index in [-0.39, 0.29) is 5.92 Å². The van der Waals surface area contributed by atoms with Crippen molar-refractivity contribution in [3.05, 3.63) is 23.8 Å². The molecule has 132 valence electrons. The Bertz CT molecular complexity index is 540. The van der Waals surface area contributed by atoms with E-state index in [1.807, 2.05) is 40.7 Å². The first kappa shape index (κ1) is 19.9. The van der Waals surface area contributed by atoms with Gasteiger partial charge in [0.05, 0.1) is 42.1 Å². The van der Waals surface area contributed by atoms with Gasteiger partial charge in [-0.05, 0) is 38.8 Å². The first-order valence-electron chi connectivity index (χ1n) is 7.69. The van der Waals surface area contributed by atoms with Gasteiger partial charge in [-0.25, -0.2) is 8.93 Å². The van der Waals surface area contributed by atoms with Crippen molar-refractivity contribution in [2.24, 2.45) is 5.92 Å². The van der Waals surface area contributed by atoms with Crippen molar-refractivity contribution in [1.29, 1.82) is 0 Å². The lowest BCUT2D eigenvalue weighted by atomic mass is 9.94. The zero-order valence-electron chi connectivity index (χ0n) is 15.0. The fourth-order valence-electron chi connectivity index (χ4n) is 2.07. The van der Waals surface area contributed by atoms with Crippen LogP contribution in [0.1, 0.15) is 46.2 Å². The van der Waals surface area contributed by atoms with E-state index >= 15 is 0 Å². The smallest absolute Gasteiger partial charge is 0.127 e. The molecule has 0 amide bonds. The van der Waals surface area contributed by atoms with E-state index in [0.717, 1.165) is 5.56 Å². The summed E-state index contributed by atoms with van der Waals surface area (Å²) in [6, 6.07) is 4.90. The molecule has 0 aliphatic rings. The van der Waals surface area contributed by atoms with Crippen LogP contribution in [0.5, 0.6) is 11.5 Å². The first-order valence-corrected chi connectivity index (χ1v) is 8.84. The van der Waals surface area contributed by atoms with E-state index in [2.05, 4.69) is 4.72 Å². The minimum absolute atomic E-state index is 0.00345. The minimum atomic E-state index is -1.32. The second-order valence-corrected chi connectivity index (χ2v) is 8.82. The third kappa shape index (κ3) is 5.19. The summed E-state index contributed by atoms with van der Waals surface area (Å²) in [6.07, 6.45) is -0.705. The van der Waals surface area contributed by atoms with Gasteiger partial charge in [-0.2, -0.15) is 0 Å². The molecule has 6 heteroatoms. The summed E-state index contributed by atoms with van der Waals surface area (Å²) in [5.74, 6) is 1.25. The zero-order chi connectivity index (χ0) is 17.8. The summed E-state index contributed by atoms with van der Waals surface area (Å²) < 4.78 is 25.8. The molecule has 23 heavy (non-hydrogen) atoms. The van der Waals surface area contributed by atoms with Gasteiger partial charge in [0.15, 0.2) is 0 Å². The number of hydrogen-bond acceptors (Lipinski definition) is 4. The van der Waals surface area contributed by atoms with E-state index in [4.69, 9.17) is 9.47 Å². The molecule has 0 saturated heterocycles. The van der Waals surface area contributed by atoms with Crippen molar-refractivity contribution in [3.8, 4) is 11.5 Å². The van der Waals surface area contributed by atoms with E-state index in [1.54, 1.807) is 26.4 Å². The Morgan fingerprint density at radius 2 is 1.78 bits per heavy atom. The van der Waals surface area contributed by atoms with Crippen LogP contribution in [0.3, 0.4) is 0 Å². The fourth-order valence-corrected chi connectivity index (χ4v) is 2.92. The Labute approximate surface area is 142 Å². The molecule has 1 rings (SSSR count). The molecule has 1 aromatic carbocycles. The number of methoxy groups -OCH3 is 2. The molecule has 0 heterocycles. The van der Waals surface area contributed by atoms with Crippen LogP contribution in [0.2, 0.25) is 0 Å². The zero-order valence-corrected chi connectivity index (χ0v) is 15.9. The fraction of sp³-hybridized carbons (Fsp3) is 0.647. The third-order valence-electron chi connectivity index (χ3n) is 3.59. The maximum absolute atomic E-state index is 12.5. The summed E-state index contributed by atoms with van der Waals surface area (Å²) in [4.78, 5) is 0. The third-order valence-corrected chi connectivity index (χ3v) is 5.17. The Balaban J connectivity index is 3.27. The van der Waals surface area contributed by atoms with Gasteiger partial charge in [0.25, 0.3) is 0 Å². The minimum Gasteiger partial charge on any atom is -0.497 e. The van der Waals surface area contributed by atoms with Gasteiger partial charge in [0.1, 0.15) is 11.5 Å². The summed E-state index contributed by atoms with van der Waals surface area (Å²) in [7, 11) is 1.83. The summed E-state index contributed by atoms with van der Waals surface area (Å²) in [5.41, 5.74) is 0.757. The number of aliphatic hydroxyl groups excluding tert-OH is 1. The van der Waals surface area contributed by atoms with E-state index in [0.29, 0.717) is 11.5 Å². The van der Waals surface area contributed by atoms with Crippen LogP contribution in [0.15, 0.2) is 18.2 Å². The highest BCUT2D eigenvalue weighted by Gasteiger charge is 2.31. The Kier molecular flexibility index (Phi) is 7.04. The van der Waals surface area contributed by atoms with Crippen molar-refractivity contribution in [2.75, 3.05) is 14.2 Å². The average Bonchev–Trinajstić information content (AvgIpc) is 2.50. The Morgan fingerprint density at radius 1 is 1.17 bits per heavy atom. The topological polar surface area (TPSA) is 67.8 Å². The first-order chi connectivity index (χ1) is 10.6. The summed E-state index contributed by atoms with van der Waals surface area (Å²) in [5, 5.41) is 10.6. The summed E-state index contributed by atoms with van der Waals surface area (Å²) in [6.45, 7) is 9.52. The number of aliphatic hydroxyl groups is 1. The van der Waals surface area contributed by atoms with E-state index in [9.17, 15) is 9.32 Å². The number of rotatable bonds is 7.